The molecule has 8 nitrogen and oxygen atoms in total. The second-order valence-corrected chi connectivity index (χ2v) is 8.79. The molecule has 2 atom stereocenters. The molecule has 192 valence electrons. The average molecular weight is 530 g/mol. The van der Waals surface area contributed by atoms with Crippen LogP contribution >= 0.6 is 11.6 Å². The Bertz CT molecular complexity index is 1480. The first-order valence-electron chi connectivity index (χ1n) is 11.5. The lowest BCUT2D eigenvalue weighted by molar-refractivity contribution is -0.139. The predicted octanol–water partition coefficient (Wildman–Crippen LogP) is 4.32. The van der Waals surface area contributed by atoms with Gasteiger partial charge in [-0.2, -0.15) is 5.26 Å². The maximum Gasteiger partial charge on any atom is 0.355 e. The van der Waals surface area contributed by atoms with Crippen molar-refractivity contribution >= 4 is 29.2 Å². The van der Waals surface area contributed by atoms with Gasteiger partial charge in [0.15, 0.2) is 0 Å². The van der Waals surface area contributed by atoms with E-state index in [1.54, 1.807) is 66.7 Å². The summed E-state index contributed by atoms with van der Waals surface area (Å²) in [6.07, 6.45) is -1.16. The van der Waals surface area contributed by atoms with Crippen LogP contribution in [-0.2, 0) is 19.1 Å². The van der Waals surface area contributed by atoms with Gasteiger partial charge in [0.2, 0.25) is 0 Å². The number of ether oxygens (including phenoxy) is 2. The van der Waals surface area contributed by atoms with E-state index in [9.17, 15) is 20.0 Å². The Labute approximate surface area is 224 Å². The van der Waals surface area contributed by atoms with Crippen molar-refractivity contribution in [2.24, 2.45) is 5.73 Å². The van der Waals surface area contributed by atoms with Gasteiger partial charge < -0.3 is 20.3 Å². The van der Waals surface area contributed by atoms with Crippen molar-refractivity contribution in [2.45, 2.75) is 12.0 Å². The van der Waals surface area contributed by atoms with Crippen molar-refractivity contribution in [3.05, 3.63) is 123 Å². The molecule has 9 heteroatoms. The summed E-state index contributed by atoms with van der Waals surface area (Å²) in [5.41, 5.74) is 7.83. The van der Waals surface area contributed by atoms with Gasteiger partial charge in [0.25, 0.3) is 0 Å². The number of benzene rings is 3. The highest BCUT2D eigenvalue weighted by molar-refractivity contribution is 6.31. The molecule has 0 saturated carbocycles. The minimum atomic E-state index is -1.16. The SMILES string of the molecule is COC(=O)C1=C(C(=O)OC)N(c2cc(Cl)ccc2C(O)c2ccccc2)C(N)=C(C#N)C1c1ccccc1. The standard InChI is InChI=1S/C29H24ClN3O5/c1-37-28(35)24-23(17-9-5-3-6-10-17)21(16-31)27(32)33(25(24)29(36)38-2)22-15-19(30)13-14-20(22)26(34)18-11-7-4-8-12-18/h3-15,23,26,34H,32H2,1-2H3. The Hall–Kier alpha value is -4.58. The molecule has 0 aromatic heterocycles. The molecular weight excluding hydrogens is 506 g/mol. The van der Waals surface area contributed by atoms with Crippen molar-refractivity contribution in [2.75, 3.05) is 19.1 Å². The Balaban J connectivity index is 2.08. The molecule has 0 radical (unpaired) electrons. The van der Waals surface area contributed by atoms with E-state index in [0.717, 1.165) is 7.11 Å². The molecule has 1 heterocycles. The first-order valence-corrected chi connectivity index (χ1v) is 11.9. The fourth-order valence-electron chi connectivity index (χ4n) is 4.52. The number of rotatable bonds is 6. The number of esters is 2. The number of aliphatic hydroxyl groups is 1. The molecule has 1 aliphatic heterocycles. The molecule has 0 fully saturated rings. The Morgan fingerprint density at radius 1 is 1.00 bits per heavy atom. The number of carbonyl (C=O) groups is 2. The Morgan fingerprint density at radius 2 is 1.61 bits per heavy atom. The molecule has 3 aromatic rings. The number of methoxy groups -OCH3 is 2. The van der Waals surface area contributed by atoms with Crippen LogP contribution in [0.1, 0.15) is 28.7 Å². The molecular formula is C29H24ClN3O5. The third-order valence-electron chi connectivity index (χ3n) is 6.25. The van der Waals surface area contributed by atoms with E-state index < -0.39 is 24.0 Å². The average Bonchev–Trinajstić information content (AvgIpc) is 2.96. The summed E-state index contributed by atoms with van der Waals surface area (Å²) in [5.74, 6) is -2.89. The van der Waals surface area contributed by atoms with Gasteiger partial charge in [-0.15, -0.1) is 0 Å². The van der Waals surface area contributed by atoms with E-state index in [1.807, 2.05) is 6.07 Å². The van der Waals surface area contributed by atoms with Crippen molar-refractivity contribution < 1.29 is 24.2 Å². The highest BCUT2D eigenvalue weighted by atomic mass is 35.5. The molecule has 0 spiro atoms. The highest BCUT2D eigenvalue weighted by Gasteiger charge is 2.43. The van der Waals surface area contributed by atoms with Crippen LogP contribution in [0, 0.1) is 11.3 Å². The fraction of sp³-hybridized carbons (Fsp3) is 0.138. The van der Waals surface area contributed by atoms with Crippen LogP contribution in [0.5, 0.6) is 0 Å². The number of anilines is 1. The quantitative estimate of drug-likeness (QED) is 0.452. The Kier molecular flexibility index (Phi) is 7.82. The zero-order valence-corrected chi connectivity index (χ0v) is 21.3. The van der Waals surface area contributed by atoms with Crippen LogP contribution in [0.2, 0.25) is 5.02 Å². The number of hydrogen-bond acceptors (Lipinski definition) is 8. The molecule has 0 bridgehead atoms. The van der Waals surface area contributed by atoms with Crippen molar-refractivity contribution in [1.29, 1.82) is 5.26 Å². The highest BCUT2D eigenvalue weighted by Crippen LogP contribution is 2.45. The number of aliphatic hydroxyl groups excluding tert-OH is 1. The number of allylic oxidation sites excluding steroid dienone is 1. The zero-order chi connectivity index (χ0) is 27.4. The summed E-state index contributed by atoms with van der Waals surface area (Å²) in [7, 11) is 2.34. The number of nitrogens with zero attached hydrogens (tertiary/aromatic N) is 2. The number of halogens is 1. The Morgan fingerprint density at radius 3 is 2.18 bits per heavy atom. The van der Waals surface area contributed by atoms with Crippen LogP contribution < -0.4 is 10.6 Å². The van der Waals surface area contributed by atoms with Gasteiger partial charge in [0.1, 0.15) is 17.6 Å². The summed E-state index contributed by atoms with van der Waals surface area (Å²) < 4.78 is 10.2. The number of hydrogen-bond donors (Lipinski definition) is 2. The minimum Gasteiger partial charge on any atom is -0.466 e. The summed E-state index contributed by atoms with van der Waals surface area (Å²) in [6.45, 7) is 0. The normalized spacial score (nSPS) is 16.1. The molecule has 4 rings (SSSR count). The van der Waals surface area contributed by atoms with E-state index in [1.165, 1.54) is 18.1 Å². The van der Waals surface area contributed by atoms with Crippen LogP contribution in [0.3, 0.4) is 0 Å². The van der Waals surface area contributed by atoms with Crippen LogP contribution in [0.4, 0.5) is 5.69 Å². The van der Waals surface area contributed by atoms with Crippen molar-refractivity contribution in [3.63, 3.8) is 0 Å². The summed E-state index contributed by atoms with van der Waals surface area (Å²) >= 11 is 6.36. The van der Waals surface area contributed by atoms with Crippen molar-refractivity contribution in [3.8, 4) is 6.07 Å². The molecule has 3 aromatic carbocycles. The molecule has 1 aliphatic rings. The van der Waals surface area contributed by atoms with E-state index in [2.05, 4.69) is 6.07 Å². The summed E-state index contributed by atoms with van der Waals surface area (Å²) in [5, 5.41) is 21.8. The topological polar surface area (TPSA) is 126 Å². The summed E-state index contributed by atoms with van der Waals surface area (Å²) in [6, 6.07) is 24.3. The van der Waals surface area contributed by atoms with Gasteiger partial charge in [-0.05, 0) is 23.3 Å². The first-order chi connectivity index (χ1) is 18.3. The minimum absolute atomic E-state index is 0.00406. The number of carbonyl (C=O) groups excluding carboxylic acids is 2. The lowest BCUT2D eigenvalue weighted by atomic mass is 9.80. The van der Waals surface area contributed by atoms with E-state index in [4.69, 9.17) is 26.8 Å². The zero-order valence-electron chi connectivity index (χ0n) is 20.6. The van der Waals surface area contributed by atoms with E-state index in [-0.39, 0.29) is 33.4 Å². The third-order valence-corrected chi connectivity index (χ3v) is 6.49. The fourth-order valence-corrected chi connectivity index (χ4v) is 4.69. The predicted molar refractivity (Wildman–Crippen MR) is 142 cm³/mol. The molecule has 0 saturated heterocycles. The van der Waals surface area contributed by atoms with Crippen molar-refractivity contribution in [1.82, 2.24) is 0 Å². The second kappa shape index (κ2) is 11.2. The van der Waals surface area contributed by atoms with Crippen LogP contribution in [0.25, 0.3) is 0 Å². The first kappa shape index (κ1) is 26.5. The van der Waals surface area contributed by atoms with E-state index >= 15 is 0 Å². The van der Waals surface area contributed by atoms with Gasteiger partial charge in [-0.3, -0.25) is 4.90 Å². The van der Waals surface area contributed by atoms with Gasteiger partial charge in [-0.1, -0.05) is 78.3 Å². The molecule has 2 unspecified atom stereocenters. The van der Waals surface area contributed by atoms with Gasteiger partial charge in [0, 0.05) is 10.6 Å². The largest absolute Gasteiger partial charge is 0.466 e. The van der Waals surface area contributed by atoms with Gasteiger partial charge in [0.05, 0.1) is 43.0 Å². The van der Waals surface area contributed by atoms with Crippen LogP contribution in [0.15, 0.2) is 102 Å². The van der Waals surface area contributed by atoms with Gasteiger partial charge in [-0.25, -0.2) is 9.59 Å². The molecule has 0 aliphatic carbocycles. The second-order valence-electron chi connectivity index (χ2n) is 8.35. The lowest BCUT2D eigenvalue weighted by Gasteiger charge is -2.37. The smallest absolute Gasteiger partial charge is 0.355 e. The number of nitrogens with two attached hydrogens (primary N) is 1. The maximum atomic E-state index is 13.3. The van der Waals surface area contributed by atoms with Crippen LogP contribution in [-0.4, -0.2) is 31.3 Å². The number of nitriles is 1. The summed E-state index contributed by atoms with van der Waals surface area (Å²) in [4.78, 5) is 27.8. The molecule has 38 heavy (non-hydrogen) atoms. The third kappa shape index (κ3) is 4.73. The monoisotopic (exact) mass is 529 g/mol. The molecule has 3 N–H and O–H groups in total. The molecule has 0 amide bonds. The lowest BCUT2D eigenvalue weighted by Crippen LogP contribution is -2.41. The maximum absolute atomic E-state index is 13.3. The van der Waals surface area contributed by atoms with E-state index in [0.29, 0.717) is 16.7 Å². The van der Waals surface area contributed by atoms with Gasteiger partial charge >= 0.3 is 11.9 Å².